The van der Waals surface area contributed by atoms with E-state index in [2.05, 4.69) is 15.0 Å². The van der Waals surface area contributed by atoms with Gasteiger partial charge >= 0.3 is 0 Å². The summed E-state index contributed by atoms with van der Waals surface area (Å²) in [5.74, 6) is -2.00. The molecule has 0 atom stereocenters. The van der Waals surface area contributed by atoms with Crippen molar-refractivity contribution < 1.29 is 17.2 Å². The Balaban J connectivity index is 1.77. The summed E-state index contributed by atoms with van der Waals surface area (Å²) in [6, 6.07) is 18.1. The second kappa shape index (κ2) is 8.31. The Kier molecular flexibility index (Phi) is 5.40. The van der Waals surface area contributed by atoms with Crippen molar-refractivity contribution in [3.05, 3.63) is 78.4 Å². The standard InChI is InChI=1S/C25H21F2N5O2S/c1-14(2)35(33,34)32-20-13-16(11-12-19(20)29-25(32)28)23-22(15-7-4-3-5-8-15)30-24(31-23)17-9-6-10-18(26)21(17)27/h3-14H,1-2H3,(H2,28,29)(H,30,31). The summed E-state index contributed by atoms with van der Waals surface area (Å²) in [6.45, 7) is 3.12. The molecule has 10 heteroatoms. The van der Waals surface area contributed by atoms with E-state index in [1.54, 1.807) is 32.0 Å². The summed E-state index contributed by atoms with van der Waals surface area (Å²) in [7, 11) is -3.79. The fourth-order valence-electron chi connectivity index (χ4n) is 3.91. The van der Waals surface area contributed by atoms with Gasteiger partial charge in [-0.25, -0.2) is 31.1 Å². The van der Waals surface area contributed by atoms with E-state index in [9.17, 15) is 17.2 Å². The third kappa shape index (κ3) is 3.75. The van der Waals surface area contributed by atoms with Crippen LogP contribution in [0.1, 0.15) is 13.8 Å². The van der Waals surface area contributed by atoms with Crippen LogP contribution in [0.4, 0.5) is 14.7 Å². The molecule has 178 valence electrons. The highest BCUT2D eigenvalue weighted by atomic mass is 32.2. The molecule has 0 bridgehead atoms. The normalized spacial score (nSPS) is 12.0. The zero-order valence-electron chi connectivity index (χ0n) is 18.8. The molecule has 7 nitrogen and oxygen atoms in total. The van der Waals surface area contributed by atoms with Gasteiger partial charge in [0.25, 0.3) is 0 Å². The van der Waals surface area contributed by atoms with Crippen LogP contribution in [0.5, 0.6) is 0 Å². The number of aromatic amines is 1. The summed E-state index contributed by atoms with van der Waals surface area (Å²) in [5, 5.41) is -0.723. The molecule has 0 spiro atoms. The van der Waals surface area contributed by atoms with Crippen molar-refractivity contribution in [1.29, 1.82) is 0 Å². The molecule has 2 aromatic heterocycles. The van der Waals surface area contributed by atoms with Gasteiger partial charge in [-0.2, -0.15) is 0 Å². The number of nitrogens with two attached hydrogens (primary N) is 1. The number of fused-ring (bicyclic) bond motifs is 1. The van der Waals surface area contributed by atoms with Gasteiger partial charge in [0.05, 0.1) is 33.2 Å². The van der Waals surface area contributed by atoms with Crippen molar-refractivity contribution >= 4 is 27.0 Å². The first-order valence-electron chi connectivity index (χ1n) is 10.8. The summed E-state index contributed by atoms with van der Waals surface area (Å²) in [6.07, 6.45) is 0. The summed E-state index contributed by atoms with van der Waals surface area (Å²) >= 11 is 0. The van der Waals surface area contributed by atoms with Crippen LogP contribution >= 0.6 is 0 Å². The zero-order chi connectivity index (χ0) is 24.9. The van der Waals surface area contributed by atoms with Crippen LogP contribution in [0.3, 0.4) is 0 Å². The van der Waals surface area contributed by atoms with Crippen molar-refractivity contribution in [1.82, 2.24) is 18.9 Å². The van der Waals surface area contributed by atoms with Gasteiger partial charge in [0.2, 0.25) is 16.0 Å². The average Bonchev–Trinajstić information content (AvgIpc) is 3.42. The molecular formula is C25H21F2N5O2S. The van der Waals surface area contributed by atoms with Gasteiger partial charge in [-0.1, -0.05) is 42.5 Å². The van der Waals surface area contributed by atoms with E-state index in [-0.39, 0.29) is 17.3 Å². The maximum Gasteiger partial charge on any atom is 0.244 e. The number of nitrogens with one attached hydrogen (secondary N) is 1. The molecule has 5 rings (SSSR count). The van der Waals surface area contributed by atoms with Crippen molar-refractivity contribution in [2.75, 3.05) is 5.73 Å². The molecule has 0 aliphatic carbocycles. The fourth-order valence-corrected chi connectivity index (χ4v) is 5.05. The molecule has 0 unspecified atom stereocenters. The zero-order valence-corrected chi connectivity index (χ0v) is 19.6. The molecule has 2 heterocycles. The van der Waals surface area contributed by atoms with Crippen molar-refractivity contribution in [3.8, 4) is 33.9 Å². The monoisotopic (exact) mass is 493 g/mol. The molecule has 0 radical (unpaired) electrons. The number of imidazole rings is 2. The molecule has 0 fully saturated rings. The summed E-state index contributed by atoms with van der Waals surface area (Å²) < 4.78 is 55.5. The minimum atomic E-state index is -3.79. The van der Waals surface area contributed by atoms with E-state index in [1.807, 2.05) is 30.3 Å². The smallest absolute Gasteiger partial charge is 0.244 e. The van der Waals surface area contributed by atoms with Crippen LogP contribution in [0.25, 0.3) is 44.9 Å². The molecular weight excluding hydrogens is 472 g/mol. The Bertz CT molecular complexity index is 1680. The lowest BCUT2D eigenvalue weighted by Crippen LogP contribution is -2.23. The van der Waals surface area contributed by atoms with Gasteiger partial charge in [-0.05, 0) is 38.1 Å². The SMILES string of the molecule is CC(C)S(=O)(=O)n1c(N)nc2ccc(-c3nc(-c4cccc(F)c4F)[nH]c3-c3ccccc3)cc21. The van der Waals surface area contributed by atoms with Crippen LogP contribution in [-0.2, 0) is 10.0 Å². The maximum atomic E-state index is 14.6. The van der Waals surface area contributed by atoms with Crippen molar-refractivity contribution in [3.63, 3.8) is 0 Å². The lowest BCUT2D eigenvalue weighted by atomic mass is 10.0. The Morgan fingerprint density at radius 1 is 0.943 bits per heavy atom. The Morgan fingerprint density at radius 3 is 2.40 bits per heavy atom. The van der Waals surface area contributed by atoms with E-state index in [0.717, 1.165) is 15.6 Å². The minimum absolute atomic E-state index is 0.0221. The number of aromatic nitrogens is 4. The van der Waals surface area contributed by atoms with Crippen LogP contribution in [0.15, 0.2) is 66.7 Å². The number of H-pyrrole nitrogens is 1. The van der Waals surface area contributed by atoms with Gasteiger partial charge < -0.3 is 10.7 Å². The van der Waals surface area contributed by atoms with Crippen molar-refractivity contribution in [2.45, 2.75) is 19.1 Å². The molecule has 3 N–H and O–H groups in total. The van der Waals surface area contributed by atoms with Gasteiger partial charge in [0, 0.05) is 11.1 Å². The van der Waals surface area contributed by atoms with Crippen LogP contribution in [-0.4, -0.2) is 32.6 Å². The molecule has 0 aliphatic rings. The lowest BCUT2D eigenvalue weighted by Gasteiger charge is -2.11. The number of benzene rings is 3. The number of halogens is 2. The molecule has 0 amide bonds. The molecule has 0 saturated carbocycles. The van der Waals surface area contributed by atoms with E-state index in [0.29, 0.717) is 28.0 Å². The number of rotatable bonds is 5. The first-order valence-corrected chi connectivity index (χ1v) is 12.3. The van der Waals surface area contributed by atoms with Crippen molar-refractivity contribution in [2.24, 2.45) is 0 Å². The Labute approximate surface area is 200 Å². The number of nitrogens with zero attached hydrogens (tertiary/aromatic N) is 3. The van der Waals surface area contributed by atoms with E-state index >= 15 is 0 Å². The largest absolute Gasteiger partial charge is 0.368 e. The number of anilines is 1. The molecule has 0 saturated heterocycles. The number of nitrogen functional groups attached to an aromatic ring is 1. The first-order chi connectivity index (χ1) is 16.7. The van der Waals surface area contributed by atoms with Crippen LogP contribution in [0.2, 0.25) is 0 Å². The van der Waals surface area contributed by atoms with Crippen LogP contribution < -0.4 is 5.73 Å². The summed E-state index contributed by atoms with van der Waals surface area (Å²) in [5.41, 5.74) is 8.97. The Morgan fingerprint density at radius 2 is 1.69 bits per heavy atom. The predicted octanol–water partition coefficient (Wildman–Crippen LogP) is 5.21. The average molecular weight is 494 g/mol. The van der Waals surface area contributed by atoms with Gasteiger partial charge in [-0.3, -0.25) is 0 Å². The quantitative estimate of drug-likeness (QED) is 0.350. The minimum Gasteiger partial charge on any atom is -0.368 e. The highest BCUT2D eigenvalue weighted by molar-refractivity contribution is 7.90. The predicted molar refractivity (Wildman–Crippen MR) is 132 cm³/mol. The third-order valence-electron chi connectivity index (χ3n) is 5.73. The van der Waals surface area contributed by atoms with Gasteiger partial charge in [0.1, 0.15) is 5.82 Å². The topological polar surface area (TPSA) is 107 Å². The third-order valence-corrected chi connectivity index (χ3v) is 7.82. The number of hydrogen-bond acceptors (Lipinski definition) is 5. The van der Waals surface area contributed by atoms with Gasteiger partial charge in [-0.15, -0.1) is 0 Å². The van der Waals surface area contributed by atoms with E-state index in [4.69, 9.17) is 5.73 Å². The number of hydrogen-bond donors (Lipinski definition) is 2. The fraction of sp³-hybridized carbons (Fsp3) is 0.120. The second-order valence-corrected chi connectivity index (χ2v) is 10.6. The highest BCUT2D eigenvalue weighted by Crippen LogP contribution is 2.36. The van der Waals surface area contributed by atoms with Gasteiger partial charge in [0.15, 0.2) is 11.6 Å². The maximum absolute atomic E-state index is 14.6. The lowest BCUT2D eigenvalue weighted by molar-refractivity contribution is 0.510. The highest BCUT2D eigenvalue weighted by Gasteiger charge is 2.25. The second-order valence-electron chi connectivity index (χ2n) is 8.31. The van der Waals surface area contributed by atoms with Crippen LogP contribution in [0, 0.1) is 11.6 Å². The summed E-state index contributed by atoms with van der Waals surface area (Å²) in [4.78, 5) is 11.9. The molecule has 5 aromatic rings. The van der Waals surface area contributed by atoms with E-state index < -0.39 is 26.9 Å². The molecule has 3 aromatic carbocycles. The molecule has 0 aliphatic heterocycles. The Hall–Kier alpha value is -4.05. The van der Waals surface area contributed by atoms with E-state index in [1.165, 1.54) is 12.1 Å². The first kappa shape index (κ1) is 22.7. The molecule has 35 heavy (non-hydrogen) atoms.